The second-order valence-electron chi connectivity index (χ2n) is 4.02. The molecule has 1 atom stereocenters. The predicted molar refractivity (Wildman–Crippen MR) is 62.5 cm³/mol. The number of aliphatic hydroxyl groups is 1. The van der Waals surface area contributed by atoms with E-state index < -0.39 is 5.60 Å². The number of phenols is 1. The fraction of sp³-hybridized carbons (Fsp3) is 0.333. The van der Waals surface area contributed by atoms with Gasteiger partial charge in [0, 0.05) is 6.54 Å². The molecule has 0 aliphatic rings. The van der Waals surface area contributed by atoms with Gasteiger partial charge in [0.25, 0.3) is 0 Å². The van der Waals surface area contributed by atoms with Gasteiger partial charge < -0.3 is 10.2 Å². The fourth-order valence-corrected chi connectivity index (χ4v) is 1.79. The standard InChI is InChI=1S/C12H15N3O2/c1-3-15-11(13-8-14-15)12(2,17)9-4-6-10(16)7-5-9/h4-8,16-17H,3H2,1-2H3. The summed E-state index contributed by atoms with van der Waals surface area (Å²) in [5.74, 6) is 0.659. The topological polar surface area (TPSA) is 71.2 Å². The lowest BCUT2D eigenvalue weighted by Crippen LogP contribution is -2.27. The maximum atomic E-state index is 10.5. The zero-order valence-electron chi connectivity index (χ0n) is 9.83. The Bertz CT molecular complexity index is 503. The number of phenolic OH excluding ortho intramolecular Hbond substituents is 1. The van der Waals surface area contributed by atoms with Gasteiger partial charge >= 0.3 is 0 Å². The Hall–Kier alpha value is -1.88. The summed E-state index contributed by atoms with van der Waals surface area (Å²) < 4.78 is 1.65. The molecule has 0 aliphatic heterocycles. The zero-order chi connectivity index (χ0) is 12.5. The summed E-state index contributed by atoms with van der Waals surface area (Å²) in [7, 11) is 0. The minimum atomic E-state index is -1.22. The van der Waals surface area contributed by atoms with Gasteiger partial charge in [0.2, 0.25) is 0 Å². The van der Waals surface area contributed by atoms with E-state index in [1.54, 1.807) is 23.7 Å². The van der Waals surface area contributed by atoms with Crippen LogP contribution in [-0.4, -0.2) is 25.0 Å². The lowest BCUT2D eigenvalue weighted by molar-refractivity contribution is 0.0868. The molecule has 0 spiro atoms. The van der Waals surface area contributed by atoms with Gasteiger partial charge in [-0.2, -0.15) is 5.10 Å². The molecule has 5 nitrogen and oxygen atoms in total. The minimum Gasteiger partial charge on any atom is -0.508 e. The van der Waals surface area contributed by atoms with Gasteiger partial charge in [-0.15, -0.1) is 0 Å². The molecule has 0 saturated heterocycles. The Morgan fingerprint density at radius 3 is 2.53 bits per heavy atom. The maximum Gasteiger partial charge on any atom is 0.163 e. The van der Waals surface area contributed by atoms with Gasteiger partial charge in [-0.25, -0.2) is 9.67 Å². The first-order valence-electron chi connectivity index (χ1n) is 5.46. The average molecular weight is 233 g/mol. The molecule has 1 aromatic carbocycles. The highest BCUT2D eigenvalue weighted by atomic mass is 16.3. The first-order chi connectivity index (χ1) is 8.05. The van der Waals surface area contributed by atoms with Crippen LogP contribution in [0.3, 0.4) is 0 Å². The average Bonchev–Trinajstić information content (AvgIpc) is 2.78. The summed E-state index contributed by atoms with van der Waals surface area (Å²) in [5, 5.41) is 23.8. The molecule has 2 rings (SSSR count). The third kappa shape index (κ3) is 2.01. The summed E-state index contributed by atoms with van der Waals surface area (Å²) in [6.07, 6.45) is 1.42. The molecule has 0 fully saturated rings. The van der Waals surface area contributed by atoms with Gasteiger partial charge in [-0.1, -0.05) is 12.1 Å². The summed E-state index contributed by atoms with van der Waals surface area (Å²) in [6.45, 7) is 4.24. The van der Waals surface area contributed by atoms with Crippen LogP contribution in [-0.2, 0) is 12.1 Å². The maximum absolute atomic E-state index is 10.5. The molecule has 1 heterocycles. The quantitative estimate of drug-likeness (QED) is 0.837. The van der Waals surface area contributed by atoms with Crippen molar-refractivity contribution < 1.29 is 10.2 Å². The lowest BCUT2D eigenvalue weighted by atomic mass is 9.95. The summed E-state index contributed by atoms with van der Waals surface area (Å²) in [4.78, 5) is 4.10. The molecule has 1 unspecified atom stereocenters. The summed E-state index contributed by atoms with van der Waals surface area (Å²) in [5.41, 5.74) is -0.557. The number of aromatic nitrogens is 3. The Labute approximate surface area is 99.4 Å². The molecule has 2 aromatic rings. The van der Waals surface area contributed by atoms with Gasteiger partial charge in [0.1, 0.15) is 17.7 Å². The highest BCUT2D eigenvalue weighted by Crippen LogP contribution is 2.28. The van der Waals surface area contributed by atoms with Crippen LogP contribution in [0.1, 0.15) is 25.2 Å². The number of aromatic hydroxyl groups is 1. The van der Waals surface area contributed by atoms with E-state index >= 15 is 0 Å². The van der Waals surface area contributed by atoms with E-state index in [1.165, 1.54) is 18.5 Å². The van der Waals surface area contributed by atoms with Crippen molar-refractivity contribution in [2.24, 2.45) is 0 Å². The molecule has 0 amide bonds. The number of nitrogens with zero attached hydrogens (tertiary/aromatic N) is 3. The molecular formula is C12H15N3O2. The second-order valence-corrected chi connectivity index (χ2v) is 4.02. The third-order valence-electron chi connectivity index (χ3n) is 2.78. The van der Waals surface area contributed by atoms with E-state index in [1.807, 2.05) is 6.92 Å². The molecule has 5 heteroatoms. The number of hydrogen-bond donors (Lipinski definition) is 2. The largest absolute Gasteiger partial charge is 0.508 e. The van der Waals surface area contributed by atoms with Crippen LogP contribution < -0.4 is 0 Å². The molecule has 90 valence electrons. The number of aryl methyl sites for hydroxylation is 1. The molecule has 0 aliphatic carbocycles. The van der Waals surface area contributed by atoms with E-state index in [0.29, 0.717) is 17.9 Å². The molecule has 1 aromatic heterocycles. The number of hydrogen-bond acceptors (Lipinski definition) is 4. The van der Waals surface area contributed by atoms with Crippen LogP contribution in [0, 0.1) is 0 Å². The van der Waals surface area contributed by atoms with E-state index in [4.69, 9.17) is 0 Å². The molecule has 0 saturated carbocycles. The van der Waals surface area contributed by atoms with Crippen LogP contribution in [0.2, 0.25) is 0 Å². The Balaban J connectivity index is 2.45. The molecular weight excluding hydrogens is 218 g/mol. The van der Waals surface area contributed by atoms with Crippen molar-refractivity contribution in [2.75, 3.05) is 0 Å². The SMILES string of the molecule is CCn1ncnc1C(C)(O)c1ccc(O)cc1. The number of benzene rings is 1. The molecule has 17 heavy (non-hydrogen) atoms. The molecule has 2 N–H and O–H groups in total. The van der Waals surface area contributed by atoms with Crippen LogP contribution >= 0.6 is 0 Å². The van der Waals surface area contributed by atoms with Gasteiger partial charge in [-0.05, 0) is 31.5 Å². The second kappa shape index (κ2) is 4.18. The normalized spacial score (nSPS) is 14.5. The monoisotopic (exact) mass is 233 g/mol. The van der Waals surface area contributed by atoms with Crippen molar-refractivity contribution >= 4 is 0 Å². The van der Waals surface area contributed by atoms with Crippen LogP contribution in [0.5, 0.6) is 5.75 Å². The van der Waals surface area contributed by atoms with Crippen LogP contribution in [0.25, 0.3) is 0 Å². The minimum absolute atomic E-state index is 0.168. The van der Waals surface area contributed by atoms with Crippen molar-refractivity contribution in [3.8, 4) is 5.75 Å². The Morgan fingerprint density at radius 2 is 1.94 bits per heavy atom. The Morgan fingerprint density at radius 1 is 1.29 bits per heavy atom. The Kier molecular flexibility index (Phi) is 2.85. The highest BCUT2D eigenvalue weighted by molar-refractivity contribution is 5.33. The van der Waals surface area contributed by atoms with Gasteiger partial charge in [0.15, 0.2) is 5.82 Å². The fourth-order valence-electron chi connectivity index (χ4n) is 1.79. The van der Waals surface area contributed by atoms with Crippen molar-refractivity contribution in [1.82, 2.24) is 14.8 Å². The van der Waals surface area contributed by atoms with Crippen molar-refractivity contribution in [3.63, 3.8) is 0 Å². The van der Waals surface area contributed by atoms with Crippen molar-refractivity contribution in [3.05, 3.63) is 42.0 Å². The van der Waals surface area contributed by atoms with E-state index in [9.17, 15) is 10.2 Å². The number of rotatable bonds is 3. The highest BCUT2D eigenvalue weighted by Gasteiger charge is 2.30. The van der Waals surface area contributed by atoms with E-state index in [0.717, 1.165) is 0 Å². The van der Waals surface area contributed by atoms with E-state index in [-0.39, 0.29) is 5.75 Å². The van der Waals surface area contributed by atoms with Crippen LogP contribution in [0.4, 0.5) is 0 Å². The summed E-state index contributed by atoms with van der Waals surface area (Å²) >= 11 is 0. The van der Waals surface area contributed by atoms with Gasteiger partial charge in [0.05, 0.1) is 0 Å². The lowest BCUT2D eigenvalue weighted by Gasteiger charge is -2.23. The summed E-state index contributed by atoms with van der Waals surface area (Å²) in [6, 6.07) is 6.42. The predicted octanol–water partition coefficient (Wildman–Crippen LogP) is 1.26. The van der Waals surface area contributed by atoms with E-state index in [2.05, 4.69) is 10.1 Å². The zero-order valence-corrected chi connectivity index (χ0v) is 9.83. The molecule has 0 radical (unpaired) electrons. The van der Waals surface area contributed by atoms with Crippen LogP contribution in [0.15, 0.2) is 30.6 Å². The van der Waals surface area contributed by atoms with Gasteiger partial charge in [-0.3, -0.25) is 0 Å². The molecule has 0 bridgehead atoms. The first-order valence-corrected chi connectivity index (χ1v) is 5.46. The first kappa shape index (κ1) is 11.6. The van der Waals surface area contributed by atoms with Crippen molar-refractivity contribution in [2.45, 2.75) is 26.0 Å². The van der Waals surface area contributed by atoms with Crippen molar-refractivity contribution in [1.29, 1.82) is 0 Å². The smallest absolute Gasteiger partial charge is 0.163 e. The third-order valence-corrected chi connectivity index (χ3v) is 2.78.